The second-order valence-corrected chi connectivity index (χ2v) is 6.32. The third-order valence-corrected chi connectivity index (χ3v) is 4.01. The van der Waals surface area contributed by atoms with Crippen LogP contribution in [0.25, 0.3) is 0 Å². The minimum atomic E-state index is -0.0637. The van der Waals surface area contributed by atoms with Gasteiger partial charge in [-0.3, -0.25) is 4.79 Å². The lowest BCUT2D eigenvalue weighted by Crippen LogP contribution is -2.30. The Labute approximate surface area is 146 Å². The van der Waals surface area contributed by atoms with E-state index in [2.05, 4.69) is 22.5 Å². The van der Waals surface area contributed by atoms with Crippen LogP contribution in [0.5, 0.6) is 5.75 Å². The molecule has 0 radical (unpaired) electrons. The number of carbonyl (C=O) groups is 1. The van der Waals surface area contributed by atoms with Crippen molar-refractivity contribution in [3.8, 4) is 5.75 Å². The molecule has 1 unspecified atom stereocenters. The molecule has 1 aliphatic carbocycles. The number of anilines is 1. The molecule has 24 heavy (non-hydrogen) atoms. The summed E-state index contributed by atoms with van der Waals surface area (Å²) in [5.74, 6) is 0.620. The molecule has 0 spiro atoms. The summed E-state index contributed by atoms with van der Waals surface area (Å²) in [6, 6.07) is 11.8. The minimum absolute atomic E-state index is 0.0547. The van der Waals surface area contributed by atoms with Gasteiger partial charge in [0.1, 0.15) is 10.9 Å². The van der Waals surface area contributed by atoms with E-state index in [0.29, 0.717) is 16.9 Å². The van der Waals surface area contributed by atoms with Gasteiger partial charge < -0.3 is 15.4 Å². The van der Waals surface area contributed by atoms with Crippen LogP contribution >= 0.6 is 11.6 Å². The van der Waals surface area contributed by atoms with Crippen molar-refractivity contribution in [3.05, 3.63) is 53.3 Å². The average molecular weight is 346 g/mol. The van der Waals surface area contributed by atoms with E-state index in [1.165, 1.54) is 0 Å². The van der Waals surface area contributed by atoms with E-state index in [0.717, 1.165) is 24.1 Å². The number of ether oxygens (including phenoxy) is 1. The summed E-state index contributed by atoms with van der Waals surface area (Å²) in [5, 5.41) is 6.72. The van der Waals surface area contributed by atoms with Crippen LogP contribution in [0, 0.1) is 0 Å². The first kappa shape index (κ1) is 16.6. The summed E-state index contributed by atoms with van der Waals surface area (Å²) in [6.07, 6.45) is 3.82. The molecule has 6 heteroatoms. The maximum absolute atomic E-state index is 11.6. The predicted molar refractivity (Wildman–Crippen MR) is 94.4 cm³/mol. The largest absolute Gasteiger partial charge is 0.484 e. The monoisotopic (exact) mass is 345 g/mol. The Kier molecular flexibility index (Phi) is 5.20. The van der Waals surface area contributed by atoms with Gasteiger partial charge in [0.2, 0.25) is 0 Å². The standard InChI is InChI=1S/C18H20ClN3O2/c1-12(21-15-8-9-20-17(19)10-15)13-2-6-16(7-3-13)24-11-18(23)22-14-4-5-14/h2-3,6-10,12,14H,4-5,11H2,1H3,(H,20,21)(H,22,23). The summed E-state index contributed by atoms with van der Waals surface area (Å²) in [5.41, 5.74) is 2.03. The fourth-order valence-corrected chi connectivity index (χ4v) is 2.50. The van der Waals surface area contributed by atoms with Crippen LogP contribution in [-0.2, 0) is 4.79 Å². The number of halogens is 1. The molecule has 5 nitrogen and oxygen atoms in total. The van der Waals surface area contributed by atoms with Gasteiger partial charge in [0, 0.05) is 24.0 Å². The Morgan fingerprint density at radius 1 is 1.33 bits per heavy atom. The van der Waals surface area contributed by atoms with Gasteiger partial charge in [0.25, 0.3) is 5.91 Å². The Bertz CT molecular complexity index is 702. The summed E-state index contributed by atoms with van der Waals surface area (Å²) >= 11 is 5.89. The Balaban J connectivity index is 1.52. The van der Waals surface area contributed by atoms with Gasteiger partial charge in [-0.25, -0.2) is 4.98 Å². The van der Waals surface area contributed by atoms with Crippen molar-refractivity contribution in [2.75, 3.05) is 11.9 Å². The third-order valence-electron chi connectivity index (χ3n) is 3.80. The second kappa shape index (κ2) is 7.53. The number of rotatable bonds is 7. The molecule has 3 rings (SSSR count). The zero-order valence-electron chi connectivity index (χ0n) is 13.5. The van der Waals surface area contributed by atoms with Crippen LogP contribution in [0.2, 0.25) is 5.15 Å². The van der Waals surface area contributed by atoms with Crippen LogP contribution in [0.4, 0.5) is 5.69 Å². The first-order valence-corrected chi connectivity index (χ1v) is 8.38. The van der Waals surface area contributed by atoms with Crippen LogP contribution in [0.15, 0.2) is 42.6 Å². The molecule has 1 aliphatic rings. The molecule has 0 aliphatic heterocycles. The van der Waals surface area contributed by atoms with E-state index in [4.69, 9.17) is 16.3 Å². The van der Waals surface area contributed by atoms with Crippen molar-refractivity contribution >= 4 is 23.2 Å². The van der Waals surface area contributed by atoms with E-state index in [1.807, 2.05) is 30.3 Å². The number of amides is 1. The van der Waals surface area contributed by atoms with E-state index in [-0.39, 0.29) is 18.6 Å². The second-order valence-electron chi connectivity index (χ2n) is 5.93. The summed E-state index contributed by atoms with van der Waals surface area (Å²) < 4.78 is 5.51. The Hall–Kier alpha value is -2.27. The molecule has 2 aromatic rings. The topological polar surface area (TPSA) is 63.3 Å². The molecular weight excluding hydrogens is 326 g/mol. The summed E-state index contributed by atoms with van der Waals surface area (Å²) in [4.78, 5) is 15.6. The van der Waals surface area contributed by atoms with Crippen molar-refractivity contribution in [1.82, 2.24) is 10.3 Å². The first-order chi connectivity index (χ1) is 11.6. The molecule has 126 valence electrons. The average Bonchev–Trinajstić information content (AvgIpc) is 3.37. The summed E-state index contributed by atoms with van der Waals surface area (Å²) in [7, 11) is 0. The van der Waals surface area contributed by atoms with Crippen LogP contribution in [-0.4, -0.2) is 23.5 Å². The third kappa shape index (κ3) is 4.86. The van der Waals surface area contributed by atoms with Crippen LogP contribution < -0.4 is 15.4 Å². The number of nitrogens with zero attached hydrogens (tertiary/aromatic N) is 1. The molecule has 2 N–H and O–H groups in total. The molecule has 1 saturated carbocycles. The molecule has 1 atom stereocenters. The van der Waals surface area contributed by atoms with Crippen LogP contribution in [0.1, 0.15) is 31.4 Å². The fraction of sp³-hybridized carbons (Fsp3) is 0.333. The van der Waals surface area contributed by atoms with Gasteiger partial charge >= 0.3 is 0 Å². The van der Waals surface area contributed by atoms with Crippen molar-refractivity contribution in [2.24, 2.45) is 0 Å². The molecular formula is C18H20ClN3O2. The highest BCUT2D eigenvalue weighted by molar-refractivity contribution is 6.29. The zero-order valence-corrected chi connectivity index (χ0v) is 14.2. The number of benzene rings is 1. The maximum atomic E-state index is 11.6. The van der Waals surface area contributed by atoms with E-state index < -0.39 is 0 Å². The molecule has 1 aromatic heterocycles. The van der Waals surface area contributed by atoms with Gasteiger partial charge in [0.15, 0.2) is 6.61 Å². The lowest BCUT2D eigenvalue weighted by Gasteiger charge is -2.16. The van der Waals surface area contributed by atoms with E-state index in [9.17, 15) is 4.79 Å². The van der Waals surface area contributed by atoms with Crippen LogP contribution in [0.3, 0.4) is 0 Å². The molecule has 1 aromatic carbocycles. The highest BCUT2D eigenvalue weighted by Gasteiger charge is 2.23. The van der Waals surface area contributed by atoms with Crippen molar-refractivity contribution < 1.29 is 9.53 Å². The maximum Gasteiger partial charge on any atom is 0.258 e. The normalized spacial score (nSPS) is 14.8. The molecule has 0 bridgehead atoms. The van der Waals surface area contributed by atoms with Gasteiger partial charge in [-0.2, -0.15) is 0 Å². The summed E-state index contributed by atoms with van der Waals surface area (Å²) in [6.45, 7) is 2.12. The quantitative estimate of drug-likeness (QED) is 0.753. The van der Waals surface area contributed by atoms with Crippen molar-refractivity contribution in [3.63, 3.8) is 0 Å². The van der Waals surface area contributed by atoms with Crippen molar-refractivity contribution in [1.29, 1.82) is 0 Å². The number of aromatic nitrogens is 1. The van der Waals surface area contributed by atoms with E-state index >= 15 is 0 Å². The minimum Gasteiger partial charge on any atom is -0.484 e. The Morgan fingerprint density at radius 2 is 2.08 bits per heavy atom. The van der Waals surface area contributed by atoms with Gasteiger partial charge in [0.05, 0.1) is 0 Å². The Morgan fingerprint density at radius 3 is 2.75 bits per heavy atom. The highest BCUT2D eigenvalue weighted by atomic mass is 35.5. The lowest BCUT2D eigenvalue weighted by molar-refractivity contribution is -0.123. The number of hydrogen-bond acceptors (Lipinski definition) is 4. The zero-order chi connectivity index (χ0) is 16.9. The van der Waals surface area contributed by atoms with Gasteiger partial charge in [-0.05, 0) is 49.6 Å². The predicted octanol–water partition coefficient (Wildman–Crippen LogP) is 3.57. The number of carbonyl (C=O) groups excluding carboxylic acids is 1. The molecule has 1 fully saturated rings. The number of pyridine rings is 1. The van der Waals surface area contributed by atoms with Gasteiger partial charge in [-0.1, -0.05) is 23.7 Å². The van der Waals surface area contributed by atoms with Gasteiger partial charge in [-0.15, -0.1) is 0 Å². The smallest absolute Gasteiger partial charge is 0.258 e. The molecule has 0 saturated heterocycles. The van der Waals surface area contributed by atoms with Crippen molar-refractivity contribution in [2.45, 2.75) is 31.8 Å². The highest BCUT2D eigenvalue weighted by Crippen LogP contribution is 2.23. The van der Waals surface area contributed by atoms with E-state index in [1.54, 1.807) is 12.3 Å². The number of hydrogen-bond donors (Lipinski definition) is 2. The fourth-order valence-electron chi connectivity index (χ4n) is 2.32. The molecule has 1 amide bonds. The SMILES string of the molecule is CC(Nc1ccnc(Cl)c1)c1ccc(OCC(=O)NC2CC2)cc1. The lowest BCUT2D eigenvalue weighted by atomic mass is 10.1. The first-order valence-electron chi connectivity index (χ1n) is 8.00. The number of nitrogens with one attached hydrogen (secondary N) is 2. The molecule has 1 heterocycles.